The van der Waals surface area contributed by atoms with Crippen molar-refractivity contribution in [1.29, 1.82) is 0 Å². The SMILES string of the molecule is Cc1ccc(-c2nc(SCC(=O)N(CC(F)(F)F)[C@H](C)C3CC3)n[nH]2)cc1. The summed E-state index contributed by atoms with van der Waals surface area (Å²) in [5.41, 5.74) is 1.97. The third kappa shape index (κ3) is 5.47. The fourth-order valence-electron chi connectivity index (χ4n) is 2.85. The van der Waals surface area contributed by atoms with Crippen molar-refractivity contribution in [3.63, 3.8) is 0 Å². The van der Waals surface area contributed by atoms with Crippen LogP contribution in [-0.2, 0) is 4.79 Å². The monoisotopic (exact) mass is 398 g/mol. The molecule has 1 atom stereocenters. The number of halogens is 3. The van der Waals surface area contributed by atoms with Gasteiger partial charge in [-0.3, -0.25) is 9.89 Å². The summed E-state index contributed by atoms with van der Waals surface area (Å²) in [6.07, 6.45) is -2.67. The summed E-state index contributed by atoms with van der Waals surface area (Å²) in [4.78, 5) is 17.7. The molecule has 1 aliphatic carbocycles. The molecule has 2 aromatic rings. The third-order valence-electron chi connectivity index (χ3n) is 4.58. The van der Waals surface area contributed by atoms with Crippen molar-refractivity contribution in [2.45, 2.75) is 44.1 Å². The van der Waals surface area contributed by atoms with Crippen LogP contribution in [0.2, 0.25) is 0 Å². The van der Waals surface area contributed by atoms with E-state index in [1.165, 1.54) is 0 Å². The number of carbonyl (C=O) groups is 1. The Morgan fingerprint density at radius 3 is 2.59 bits per heavy atom. The van der Waals surface area contributed by atoms with Gasteiger partial charge in [0.15, 0.2) is 5.82 Å². The first-order chi connectivity index (χ1) is 12.7. The van der Waals surface area contributed by atoms with Crippen LogP contribution >= 0.6 is 11.8 Å². The smallest absolute Gasteiger partial charge is 0.330 e. The van der Waals surface area contributed by atoms with Gasteiger partial charge >= 0.3 is 6.18 Å². The van der Waals surface area contributed by atoms with Gasteiger partial charge in [0.2, 0.25) is 11.1 Å². The Morgan fingerprint density at radius 1 is 1.33 bits per heavy atom. The van der Waals surface area contributed by atoms with Crippen molar-refractivity contribution >= 4 is 17.7 Å². The second-order valence-corrected chi connectivity index (χ2v) is 7.78. The quantitative estimate of drug-likeness (QED) is 0.715. The average Bonchev–Trinajstić information content (AvgIpc) is 3.35. The number of amides is 1. The van der Waals surface area contributed by atoms with Gasteiger partial charge in [-0.2, -0.15) is 13.2 Å². The number of nitrogens with zero attached hydrogens (tertiary/aromatic N) is 3. The maximum absolute atomic E-state index is 12.9. The fraction of sp³-hybridized carbons (Fsp3) is 0.500. The number of hydrogen-bond donors (Lipinski definition) is 1. The van der Waals surface area contributed by atoms with Crippen LogP contribution in [0.15, 0.2) is 29.4 Å². The normalized spacial score (nSPS) is 15.6. The standard InChI is InChI=1S/C18H21F3N4OS/c1-11-3-5-14(6-4-11)16-22-17(24-23-16)27-9-15(26)25(10-18(19,20)21)12(2)13-7-8-13/h3-6,12-13H,7-10H2,1-2H3,(H,22,23,24)/t12-/m1/s1. The molecule has 1 aromatic heterocycles. The molecule has 5 nitrogen and oxygen atoms in total. The molecule has 1 fully saturated rings. The Kier molecular flexibility index (Phi) is 5.78. The van der Waals surface area contributed by atoms with Crippen LogP contribution in [0.5, 0.6) is 0 Å². The van der Waals surface area contributed by atoms with Gasteiger partial charge in [-0.1, -0.05) is 41.6 Å². The molecule has 9 heteroatoms. The number of rotatable bonds is 7. The summed E-state index contributed by atoms with van der Waals surface area (Å²) in [5.74, 6) is 0.0537. The van der Waals surface area contributed by atoms with Crippen LogP contribution in [0, 0.1) is 12.8 Å². The van der Waals surface area contributed by atoms with Crippen LogP contribution in [0.4, 0.5) is 13.2 Å². The molecule has 0 radical (unpaired) electrons. The van der Waals surface area contributed by atoms with E-state index in [0.717, 1.165) is 40.6 Å². The minimum Gasteiger partial charge on any atom is -0.330 e. The Hall–Kier alpha value is -2.03. The Morgan fingerprint density at radius 2 is 2.00 bits per heavy atom. The molecule has 1 N–H and O–H groups in total. The summed E-state index contributed by atoms with van der Waals surface area (Å²) >= 11 is 1.04. The first kappa shape index (κ1) is 19.7. The van der Waals surface area contributed by atoms with E-state index in [1.54, 1.807) is 6.92 Å². The molecule has 27 heavy (non-hydrogen) atoms. The number of thioether (sulfide) groups is 1. The minimum absolute atomic E-state index is 0.127. The first-order valence-corrected chi connectivity index (χ1v) is 9.70. The lowest BCUT2D eigenvalue weighted by atomic mass is 10.1. The molecule has 1 saturated carbocycles. The van der Waals surface area contributed by atoms with Crippen LogP contribution in [0.3, 0.4) is 0 Å². The number of nitrogens with one attached hydrogen (secondary N) is 1. The number of aromatic nitrogens is 3. The van der Waals surface area contributed by atoms with Crippen LogP contribution < -0.4 is 0 Å². The predicted molar refractivity (Wildman–Crippen MR) is 97.2 cm³/mol. The van der Waals surface area contributed by atoms with Crippen molar-refractivity contribution in [3.05, 3.63) is 29.8 Å². The number of alkyl halides is 3. The third-order valence-corrected chi connectivity index (χ3v) is 5.41. The van der Waals surface area contributed by atoms with Crippen molar-refractivity contribution in [2.24, 2.45) is 5.92 Å². The van der Waals surface area contributed by atoms with Gasteiger partial charge < -0.3 is 4.90 Å². The Bertz CT molecular complexity index is 787. The molecular weight excluding hydrogens is 377 g/mol. The van der Waals surface area contributed by atoms with E-state index >= 15 is 0 Å². The lowest BCUT2D eigenvalue weighted by molar-refractivity contribution is -0.164. The molecule has 1 aliphatic rings. The van der Waals surface area contributed by atoms with Gasteiger partial charge in [-0.15, -0.1) is 5.10 Å². The first-order valence-electron chi connectivity index (χ1n) is 8.71. The van der Waals surface area contributed by atoms with E-state index in [1.807, 2.05) is 31.2 Å². The maximum atomic E-state index is 12.9. The number of aromatic amines is 1. The molecule has 0 bridgehead atoms. The number of benzene rings is 1. The zero-order chi connectivity index (χ0) is 19.6. The molecule has 1 amide bonds. The molecule has 0 unspecified atom stereocenters. The minimum atomic E-state index is -4.41. The Labute approximate surface area is 159 Å². The van der Waals surface area contributed by atoms with E-state index in [2.05, 4.69) is 15.2 Å². The molecule has 1 heterocycles. The maximum Gasteiger partial charge on any atom is 0.406 e. The molecule has 3 rings (SSSR count). The summed E-state index contributed by atoms with van der Waals surface area (Å²) in [7, 11) is 0. The number of aryl methyl sites for hydroxylation is 1. The predicted octanol–water partition coefficient (Wildman–Crippen LogP) is 4.06. The van der Waals surface area contributed by atoms with E-state index in [4.69, 9.17) is 0 Å². The van der Waals surface area contributed by atoms with Gasteiger partial charge in [0.25, 0.3) is 0 Å². The highest BCUT2D eigenvalue weighted by Crippen LogP contribution is 2.36. The zero-order valence-corrected chi connectivity index (χ0v) is 15.9. The fourth-order valence-corrected chi connectivity index (χ4v) is 3.53. The molecular formula is C18H21F3N4OS. The molecule has 0 aliphatic heterocycles. The second-order valence-electron chi connectivity index (χ2n) is 6.84. The summed E-state index contributed by atoms with van der Waals surface area (Å²) in [5, 5.41) is 7.18. The molecule has 0 spiro atoms. The van der Waals surface area contributed by atoms with Gasteiger partial charge in [0.05, 0.1) is 5.75 Å². The second kappa shape index (κ2) is 7.92. The van der Waals surface area contributed by atoms with Gasteiger partial charge in [0.1, 0.15) is 6.54 Å². The van der Waals surface area contributed by atoms with Crippen LogP contribution in [0.25, 0.3) is 11.4 Å². The van der Waals surface area contributed by atoms with Gasteiger partial charge in [0, 0.05) is 11.6 Å². The average molecular weight is 398 g/mol. The van der Waals surface area contributed by atoms with E-state index in [-0.39, 0.29) is 11.7 Å². The summed E-state index contributed by atoms with van der Waals surface area (Å²) in [6, 6.07) is 7.29. The number of carbonyl (C=O) groups excluding carboxylic acids is 1. The van der Waals surface area contributed by atoms with Crippen molar-refractivity contribution in [2.75, 3.05) is 12.3 Å². The topological polar surface area (TPSA) is 61.9 Å². The zero-order valence-electron chi connectivity index (χ0n) is 15.1. The molecule has 0 saturated heterocycles. The summed E-state index contributed by atoms with van der Waals surface area (Å²) < 4.78 is 38.6. The van der Waals surface area contributed by atoms with Crippen molar-refractivity contribution < 1.29 is 18.0 Å². The molecule has 1 aromatic carbocycles. The largest absolute Gasteiger partial charge is 0.406 e. The van der Waals surface area contributed by atoms with Gasteiger partial charge in [-0.05, 0) is 32.6 Å². The Balaban J connectivity index is 1.62. The van der Waals surface area contributed by atoms with Crippen LogP contribution in [0.1, 0.15) is 25.3 Å². The summed E-state index contributed by atoms with van der Waals surface area (Å²) in [6.45, 7) is 2.45. The number of hydrogen-bond acceptors (Lipinski definition) is 4. The lowest BCUT2D eigenvalue weighted by Gasteiger charge is -2.30. The van der Waals surface area contributed by atoms with Crippen molar-refractivity contribution in [1.82, 2.24) is 20.1 Å². The number of H-pyrrole nitrogens is 1. The molecule has 146 valence electrons. The highest BCUT2D eigenvalue weighted by atomic mass is 32.2. The van der Waals surface area contributed by atoms with E-state index < -0.39 is 24.7 Å². The van der Waals surface area contributed by atoms with E-state index in [9.17, 15) is 18.0 Å². The van der Waals surface area contributed by atoms with Crippen molar-refractivity contribution in [3.8, 4) is 11.4 Å². The highest BCUT2D eigenvalue weighted by Gasteiger charge is 2.40. The lowest BCUT2D eigenvalue weighted by Crippen LogP contribution is -2.46. The highest BCUT2D eigenvalue weighted by molar-refractivity contribution is 7.99. The van der Waals surface area contributed by atoms with Gasteiger partial charge in [-0.25, -0.2) is 4.98 Å². The van der Waals surface area contributed by atoms with E-state index in [0.29, 0.717) is 11.0 Å². The van der Waals surface area contributed by atoms with Crippen LogP contribution in [-0.4, -0.2) is 50.5 Å².